The van der Waals surface area contributed by atoms with Gasteiger partial charge in [0.2, 0.25) is 66.9 Å². The Labute approximate surface area is 651 Å². The second kappa shape index (κ2) is 33.3. The minimum absolute atomic E-state index is 0.0297. The lowest BCUT2D eigenvalue weighted by atomic mass is 9.85. The zero-order valence-electron chi connectivity index (χ0n) is 64.7. The maximum atomic E-state index is 14.4. The third-order valence-electron chi connectivity index (χ3n) is 20.9. The van der Waals surface area contributed by atoms with E-state index in [4.69, 9.17) is 29.4 Å². The van der Waals surface area contributed by atoms with E-state index in [-0.39, 0.29) is 62.2 Å². The van der Waals surface area contributed by atoms with Gasteiger partial charge in [-0.05, 0) is 154 Å². The summed E-state index contributed by atoms with van der Waals surface area (Å²) >= 11 is 0. The predicted octanol–water partition coefficient (Wildman–Crippen LogP) is 9.65. The normalized spacial score (nSPS) is 23.3. The summed E-state index contributed by atoms with van der Waals surface area (Å²) in [4.78, 5) is 111. The zero-order chi connectivity index (χ0) is 83.7. The van der Waals surface area contributed by atoms with Gasteiger partial charge < -0.3 is 59.1 Å². The van der Waals surface area contributed by atoms with Crippen molar-refractivity contribution in [2.24, 2.45) is 39.2 Å². The number of carbonyl (C=O) groups excluding carboxylic acids is 7. The summed E-state index contributed by atoms with van der Waals surface area (Å²) in [5, 5.41) is 13.2. The van der Waals surface area contributed by atoms with Gasteiger partial charge in [-0.1, -0.05) is 59.8 Å². The monoisotopic (exact) mass is 1630 g/mol. The highest BCUT2D eigenvalue weighted by molar-refractivity contribution is 7.91. The Bertz CT molecular complexity index is 4650. The van der Waals surface area contributed by atoms with Crippen LogP contribution in [0.15, 0.2) is 111 Å². The molecule has 3 aromatic heterocycles. The van der Waals surface area contributed by atoms with Crippen molar-refractivity contribution in [1.29, 1.82) is 0 Å². The fraction of sp³-hybridized carbons (Fsp3) is 0.558. The predicted molar refractivity (Wildman–Crippen MR) is 399 cm³/mol. The number of amides is 5. The van der Waals surface area contributed by atoms with Gasteiger partial charge in [-0.25, -0.2) is 36.6 Å². The molecule has 0 spiro atoms. The highest BCUT2D eigenvalue weighted by Gasteiger charge is 2.64. The SMILES string of the molecule is C=C[C@@H]1C[C@]1(CC(=O)[C@@H]1C[C@@H](Oc2nccc3cc(OC)ccc23)CN1C(=O)[C@@H](N)C(C)(C)C)C(=O)NS(=O)(=O)C1CC1.C=C[C@@H]1C[C@]1(CC(=O)[C@@H]1C[C@@H](Oc2nccc3cc(OC)ccc23)CN1C(=O)[C@@H](NC(=O)OC(C)(C)C(F)(F)F)C(C)(C)C)C(=O)NS(=O)(=O)C1CC1.CC(C)(OC(O)Oc1ccccn1)C(F)(F)F. The number of nitrogens with two attached hydrogens (primary N) is 1. The van der Waals surface area contributed by atoms with Crippen LogP contribution in [0.2, 0.25) is 0 Å². The molecule has 2 aromatic carbocycles. The van der Waals surface area contributed by atoms with Crippen LogP contribution in [0.1, 0.15) is 133 Å². The topological polar surface area (TPSA) is 380 Å². The van der Waals surface area contributed by atoms with E-state index in [1.165, 1.54) is 41.4 Å². The number of halogens is 6. The standard InChI is InChI=1S/C36H45F3N4O9S.C31H40N4O7S.C10H12F3NO3/c1-8-21-17-35(21,31(46)42-53(48,49)24-10-11-24)18-27(44)26-16-23(51-29-25-12-9-22(50-7)15-20(25)13-14-40-29)19-43(26)30(45)28(33(2,3)4)41-32(47)52-34(5,6)36(37,38)39;1-6-19-15-31(19,29(38)34-43(39,40)22-8-9-22)16-25(36)24-14-21(17-35(24)28(37)26(32)30(2,3)4)42-27-23-10-7-20(41-5)13-18(23)11-12-33-27;1-9(2,10(11,12)13)17-8(15)16-7-5-3-4-6-14-7/h8-9,12-15,21,23-24,26,28H,1,10-11,16-19H2,2-7H3,(H,41,47)(H,42,46);6-7,10-13,19,21-22,24,26H,1,8-9,14-17,32H2,2-5H3,(H,34,38);3-6,8,15H,1-2H3/t21-,23-,26+,28-,35-;19-,21-,24+,26-,31-;/m11./s1. The molecule has 11 rings (SSSR count). The number of ketones is 2. The number of nitrogens with zero attached hydrogens (tertiary/aromatic N) is 5. The molecule has 5 amide bonds. The van der Waals surface area contributed by atoms with Gasteiger partial charge in [0, 0.05) is 61.1 Å². The quantitative estimate of drug-likeness (QED) is 0.0177. The minimum Gasteiger partial charge on any atom is -0.497 e. The third kappa shape index (κ3) is 20.6. The number of hydrogen-bond acceptors (Lipinski definition) is 23. The molecule has 1 unspecified atom stereocenters. The first-order valence-corrected chi connectivity index (χ1v) is 39.6. The number of methoxy groups -OCH3 is 2. The summed E-state index contributed by atoms with van der Waals surface area (Å²) in [5.41, 5.74) is -3.33. The van der Waals surface area contributed by atoms with Crippen molar-refractivity contribution in [3.8, 4) is 29.1 Å². The largest absolute Gasteiger partial charge is 0.497 e. The Kier molecular flexibility index (Phi) is 25.8. The first-order chi connectivity index (χ1) is 52.4. The van der Waals surface area contributed by atoms with Gasteiger partial charge in [0.15, 0.2) is 17.2 Å². The summed E-state index contributed by atoms with van der Waals surface area (Å²) in [6, 6.07) is 14.4. The lowest BCUT2D eigenvalue weighted by Crippen LogP contribution is -2.58. The van der Waals surface area contributed by atoms with Crippen molar-refractivity contribution < 1.29 is 115 Å². The molecule has 36 heteroatoms. The lowest BCUT2D eigenvalue weighted by molar-refractivity contribution is -0.342. The molecule has 6 fully saturated rings. The fourth-order valence-electron chi connectivity index (χ4n) is 13.2. The third-order valence-corrected chi connectivity index (χ3v) is 24.6. The number of fused-ring (bicyclic) bond motifs is 2. The number of alkyl carbamates (subject to hydrolysis) is 1. The molecule has 0 bridgehead atoms. The number of Topliss-reactive ketones (excluding diaryl/α,β-unsaturated/α-hetero) is 2. The highest BCUT2D eigenvalue weighted by atomic mass is 32.2. The number of sulfonamides is 2. The van der Waals surface area contributed by atoms with E-state index in [9.17, 15) is 81.8 Å². The Morgan fingerprint density at radius 1 is 0.611 bits per heavy atom. The van der Waals surface area contributed by atoms with E-state index in [1.54, 1.807) is 82.6 Å². The number of pyridine rings is 3. The second-order valence-electron chi connectivity index (χ2n) is 32.3. The summed E-state index contributed by atoms with van der Waals surface area (Å²) in [6.07, 6.45) is -3.09. The van der Waals surface area contributed by atoms with Crippen LogP contribution in [-0.4, -0.2) is 192 Å². The number of allylic oxidation sites excluding steroid dienone is 2. The number of hydrogen-bond donors (Lipinski definition) is 5. The molecular formula is C77H97F6N9O19S2. The maximum absolute atomic E-state index is 14.4. The van der Waals surface area contributed by atoms with Gasteiger partial charge in [-0.15, -0.1) is 13.2 Å². The lowest BCUT2D eigenvalue weighted by Gasteiger charge is -2.36. The number of nitrogens with one attached hydrogen (secondary N) is 3. The van der Waals surface area contributed by atoms with Crippen LogP contribution in [0.4, 0.5) is 31.1 Å². The minimum atomic E-state index is -4.91. The van der Waals surface area contributed by atoms with Crippen LogP contribution in [0.3, 0.4) is 0 Å². The van der Waals surface area contributed by atoms with Crippen molar-refractivity contribution >= 4 is 82.9 Å². The van der Waals surface area contributed by atoms with Gasteiger partial charge in [0.05, 0.1) is 66.8 Å². The van der Waals surface area contributed by atoms with Gasteiger partial charge in [-0.2, -0.15) is 26.3 Å². The molecule has 618 valence electrons. The molecule has 5 heterocycles. The summed E-state index contributed by atoms with van der Waals surface area (Å²) in [5.74, 6) is -2.67. The molecule has 0 radical (unpaired) electrons. The molecule has 4 saturated carbocycles. The van der Waals surface area contributed by atoms with Crippen LogP contribution >= 0.6 is 0 Å². The number of aliphatic hydroxyl groups excluding tert-OH is 1. The smallest absolute Gasteiger partial charge is 0.427 e. The number of ether oxygens (including phenoxy) is 7. The van der Waals surface area contributed by atoms with Crippen LogP contribution in [0, 0.1) is 33.5 Å². The van der Waals surface area contributed by atoms with E-state index in [0.717, 1.165) is 30.0 Å². The first-order valence-electron chi connectivity index (χ1n) is 36.5. The Balaban J connectivity index is 0.000000218. The van der Waals surface area contributed by atoms with E-state index >= 15 is 0 Å². The highest BCUT2D eigenvalue weighted by Crippen LogP contribution is 2.58. The molecule has 5 aromatic rings. The molecule has 113 heavy (non-hydrogen) atoms. The van der Waals surface area contributed by atoms with Crippen molar-refractivity contribution in [2.75, 3.05) is 27.3 Å². The number of alkyl halides is 6. The maximum Gasteiger partial charge on any atom is 0.427 e. The van der Waals surface area contributed by atoms with Gasteiger partial charge in [-0.3, -0.25) is 38.2 Å². The van der Waals surface area contributed by atoms with E-state index in [1.807, 2.05) is 39.0 Å². The summed E-state index contributed by atoms with van der Waals surface area (Å²) in [7, 11) is -4.62. The first kappa shape index (κ1) is 87.7. The number of rotatable bonds is 28. The van der Waals surface area contributed by atoms with E-state index in [0.29, 0.717) is 68.7 Å². The van der Waals surface area contributed by atoms with E-state index < -0.39 is 166 Å². The molecule has 11 atom stereocenters. The number of likely N-dealkylation sites (tertiary alicyclic amines) is 2. The Morgan fingerprint density at radius 3 is 1.41 bits per heavy atom. The van der Waals surface area contributed by atoms with Crippen LogP contribution in [-0.2, 0) is 58.3 Å². The Hall–Kier alpha value is -9.26. The number of aromatic nitrogens is 3. The Morgan fingerprint density at radius 2 is 1.04 bits per heavy atom. The van der Waals surface area contributed by atoms with Gasteiger partial charge in [0.25, 0.3) is 0 Å². The van der Waals surface area contributed by atoms with Gasteiger partial charge in [0.1, 0.15) is 29.7 Å². The van der Waals surface area contributed by atoms with Crippen molar-refractivity contribution in [3.63, 3.8) is 0 Å². The molecule has 4 aliphatic carbocycles. The second-order valence-corrected chi connectivity index (χ2v) is 36.2. The number of aliphatic hydroxyl groups is 1. The number of carbonyl (C=O) groups is 7. The van der Waals surface area contributed by atoms with E-state index in [2.05, 4.69) is 52.3 Å². The number of benzene rings is 2. The van der Waals surface area contributed by atoms with Crippen LogP contribution in [0.25, 0.3) is 21.5 Å². The average molecular weight is 1630 g/mol. The summed E-state index contributed by atoms with van der Waals surface area (Å²) < 4.78 is 170. The molecule has 2 saturated heterocycles. The van der Waals surface area contributed by atoms with Crippen molar-refractivity contribution in [3.05, 3.63) is 111 Å². The zero-order valence-corrected chi connectivity index (χ0v) is 66.3. The molecule has 6 aliphatic rings. The molecule has 2 aliphatic heterocycles. The average Bonchev–Trinajstić information content (AvgIpc) is 1.58. The van der Waals surface area contributed by atoms with Crippen molar-refractivity contribution in [1.82, 2.24) is 39.5 Å². The molecule has 28 nitrogen and oxygen atoms in total. The van der Waals surface area contributed by atoms with Crippen LogP contribution < -0.4 is 44.2 Å². The fourth-order valence-corrected chi connectivity index (χ4v) is 15.9. The summed E-state index contributed by atoms with van der Waals surface area (Å²) in [6.45, 7) is 18.6. The molecular weight excluding hydrogens is 1530 g/mol. The molecule has 6 N–H and O–H groups in total. The van der Waals surface area contributed by atoms with Gasteiger partial charge >= 0.3 is 24.9 Å². The van der Waals surface area contributed by atoms with Crippen LogP contribution in [0.5, 0.6) is 29.1 Å². The van der Waals surface area contributed by atoms with Crippen molar-refractivity contribution in [2.45, 2.75) is 210 Å².